The van der Waals surface area contributed by atoms with Crippen LogP contribution in [0.25, 0.3) is 33.6 Å². The van der Waals surface area contributed by atoms with Gasteiger partial charge in [-0.15, -0.1) is 0 Å². The standard InChI is InChI=1S/C23H16ClNO2/c24-21-7-2-1-6-20(21)17-13-22(15-8-10-18(26)11-9-15)25-23(14-17)16-4-3-5-19(27)12-16/h1-14,26-27H. The Morgan fingerprint density at radius 3 is 2.00 bits per heavy atom. The van der Waals surface area contributed by atoms with E-state index in [1.807, 2.05) is 54.6 Å². The van der Waals surface area contributed by atoms with Crippen LogP contribution >= 0.6 is 11.6 Å². The zero-order valence-electron chi connectivity index (χ0n) is 14.3. The topological polar surface area (TPSA) is 53.4 Å². The fourth-order valence-corrected chi connectivity index (χ4v) is 3.22. The van der Waals surface area contributed by atoms with Crippen LogP contribution in [0.15, 0.2) is 84.9 Å². The predicted octanol–water partition coefficient (Wildman–Crippen LogP) is 6.15. The number of aromatic hydroxyl groups is 2. The van der Waals surface area contributed by atoms with E-state index in [4.69, 9.17) is 16.6 Å². The molecule has 4 heteroatoms. The third-order valence-corrected chi connectivity index (χ3v) is 4.64. The maximum atomic E-state index is 9.85. The smallest absolute Gasteiger partial charge is 0.116 e. The molecule has 0 saturated heterocycles. The Kier molecular flexibility index (Phi) is 4.53. The van der Waals surface area contributed by atoms with Gasteiger partial charge >= 0.3 is 0 Å². The molecule has 0 saturated carbocycles. The minimum atomic E-state index is 0.184. The average Bonchev–Trinajstić information content (AvgIpc) is 2.68. The summed E-state index contributed by atoms with van der Waals surface area (Å²) in [6.07, 6.45) is 0. The highest BCUT2D eigenvalue weighted by molar-refractivity contribution is 6.33. The Morgan fingerprint density at radius 2 is 1.30 bits per heavy atom. The molecule has 27 heavy (non-hydrogen) atoms. The van der Waals surface area contributed by atoms with Crippen molar-refractivity contribution >= 4 is 11.6 Å². The number of rotatable bonds is 3. The predicted molar refractivity (Wildman–Crippen MR) is 109 cm³/mol. The van der Waals surface area contributed by atoms with Crippen LogP contribution in [0.4, 0.5) is 0 Å². The summed E-state index contributed by atoms with van der Waals surface area (Å²) in [7, 11) is 0. The molecule has 132 valence electrons. The first-order chi connectivity index (χ1) is 13.1. The molecule has 1 aromatic heterocycles. The van der Waals surface area contributed by atoms with Crippen molar-refractivity contribution < 1.29 is 10.2 Å². The second kappa shape index (κ2) is 7.14. The molecular weight excluding hydrogens is 358 g/mol. The molecule has 4 aromatic rings. The van der Waals surface area contributed by atoms with Crippen LogP contribution < -0.4 is 0 Å². The van der Waals surface area contributed by atoms with Gasteiger partial charge in [-0.05, 0) is 60.2 Å². The molecule has 0 aliphatic rings. The molecule has 3 nitrogen and oxygen atoms in total. The molecular formula is C23H16ClNO2. The minimum absolute atomic E-state index is 0.184. The van der Waals surface area contributed by atoms with Gasteiger partial charge in [0, 0.05) is 21.7 Å². The number of benzene rings is 3. The van der Waals surface area contributed by atoms with E-state index in [1.165, 1.54) is 0 Å². The number of hydrogen-bond donors (Lipinski definition) is 2. The van der Waals surface area contributed by atoms with Crippen molar-refractivity contribution in [2.75, 3.05) is 0 Å². The maximum absolute atomic E-state index is 9.85. The molecule has 0 aliphatic carbocycles. The first kappa shape index (κ1) is 17.1. The molecule has 1 heterocycles. The Bertz CT molecular complexity index is 1110. The lowest BCUT2D eigenvalue weighted by Crippen LogP contribution is -1.91. The van der Waals surface area contributed by atoms with Gasteiger partial charge in [0.05, 0.1) is 11.4 Å². The largest absolute Gasteiger partial charge is 0.508 e. The van der Waals surface area contributed by atoms with Gasteiger partial charge in [-0.3, -0.25) is 0 Å². The van der Waals surface area contributed by atoms with E-state index in [2.05, 4.69) is 0 Å². The summed E-state index contributed by atoms with van der Waals surface area (Å²) in [5.74, 6) is 0.387. The molecule has 0 aliphatic heterocycles. The van der Waals surface area contributed by atoms with E-state index in [1.54, 1.807) is 30.3 Å². The Labute approximate surface area is 162 Å². The highest BCUT2D eigenvalue weighted by Gasteiger charge is 2.11. The van der Waals surface area contributed by atoms with Crippen LogP contribution in [0.3, 0.4) is 0 Å². The minimum Gasteiger partial charge on any atom is -0.508 e. The first-order valence-electron chi connectivity index (χ1n) is 8.46. The number of pyridine rings is 1. The van der Waals surface area contributed by atoms with Crippen LogP contribution in [0.5, 0.6) is 11.5 Å². The third kappa shape index (κ3) is 3.64. The van der Waals surface area contributed by atoms with Crippen molar-refractivity contribution in [1.29, 1.82) is 0 Å². The van der Waals surface area contributed by atoms with Gasteiger partial charge in [0.2, 0.25) is 0 Å². The SMILES string of the molecule is Oc1ccc(-c2cc(-c3ccccc3Cl)cc(-c3cccc(O)c3)n2)cc1. The van der Waals surface area contributed by atoms with Crippen molar-refractivity contribution in [2.45, 2.75) is 0 Å². The molecule has 3 aromatic carbocycles. The van der Waals surface area contributed by atoms with Crippen LogP contribution in [0, 0.1) is 0 Å². The third-order valence-electron chi connectivity index (χ3n) is 4.32. The van der Waals surface area contributed by atoms with Gasteiger partial charge in [0.1, 0.15) is 11.5 Å². The summed E-state index contributed by atoms with van der Waals surface area (Å²) in [5, 5.41) is 20.1. The van der Waals surface area contributed by atoms with Crippen LogP contribution in [-0.4, -0.2) is 15.2 Å². The Balaban J connectivity index is 1.94. The zero-order valence-corrected chi connectivity index (χ0v) is 15.1. The molecule has 0 spiro atoms. The van der Waals surface area contributed by atoms with E-state index < -0.39 is 0 Å². The van der Waals surface area contributed by atoms with E-state index in [-0.39, 0.29) is 11.5 Å². The zero-order chi connectivity index (χ0) is 18.8. The normalized spacial score (nSPS) is 10.7. The Hall–Kier alpha value is -3.30. The summed E-state index contributed by atoms with van der Waals surface area (Å²) in [6.45, 7) is 0. The fourth-order valence-electron chi connectivity index (χ4n) is 2.97. The van der Waals surface area contributed by atoms with Crippen molar-refractivity contribution in [1.82, 2.24) is 4.98 Å². The lowest BCUT2D eigenvalue weighted by atomic mass is 10.00. The highest BCUT2D eigenvalue weighted by Crippen LogP contribution is 2.34. The van der Waals surface area contributed by atoms with Crippen molar-refractivity contribution in [3.63, 3.8) is 0 Å². The van der Waals surface area contributed by atoms with E-state index in [0.29, 0.717) is 5.02 Å². The Morgan fingerprint density at radius 1 is 0.593 bits per heavy atom. The van der Waals surface area contributed by atoms with Crippen LogP contribution in [0.2, 0.25) is 5.02 Å². The second-order valence-electron chi connectivity index (χ2n) is 6.20. The number of aromatic nitrogens is 1. The summed E-state index contributed by atoms with van der Waals surface area (Å²) >= 11 is 6.41. The first-order valence-corrected chi connectivity index (χ1v) is 8.84. The van der Waals surface area contributed by atoms with Gasteiger partial charge in [-0.2, -0.15) is 0 Å². The lowest BCUT2D eigenvalue weighted by Gasteiger charge is -2.11. The quantitative estimate of drug-likeness (QED) is 0.453. The van der Waals surface area contributed by atoms with Gasteiger partial charge in [-0.1, -0.05) is 41.9 Å². The summed E-state index contributed by atoms with van der Waals surface area (Å²) < 4.78 is 0. The maximum Gasteiger partial charge on any atom is 0.116 e. The number of hydrogen-bond acceptors (Lipinski definition) is 3. The van der Waals surface area contributed by atoms with E-state index in [9.17, 15) is 10.2 Å². The van der Waals surface area contributed by atoms with Gasteiger partial charge in [-0.25, -0.2) is 4.98 Å². The van der Waals surface area contributed by atoms with Gasteiger partial charge < -0.3 is 10.2 Å². The molecule has 0 bridgehead atoms. The molecule has 0 atom stereocenters. The van der Waals surface area contributed by atoms with Crippen LogP contribution in [0.1, 0.15) is 0 Å². The molecule has 4 rings (SSSR count). The fraction of sp³-hybridized carbons (Fsp3) is 0. The van der Waals surface area contributed by atoms with E-state index >= 15 is 0 Å². The van der Waals surface area contributed by atoms with Crippen molar-refractivity contribution in [2.24, 2.45) is 0 Å². The number of halogens is 1. The molecule has 0 unspecified atom stereocenters. The highest BCUT2D eigenvalue weighted by atomic mass is 35.5. The molecule has 0 radical (unpaired) electrons. The average molecular weight is 374 g/mol. The molecule has 0 amide bonds. The summed E-state index contributed by atoms with van der Waals surface area (Å²) in [4.78, 5) is 4.76. The number of phenolic OH excluding ortho intramolecular Hbond substituents is 2. The number of phenols is 2. The summed E-state index contributed by atoms with van der Waals surface area (Å²) in [5.41, 5.74) is 5.00. The van der Waals surface area contributed by atoms with Gasteiger partial charge in [0.25, 0.3) is 0 Å². The van der Waals surface area contributed by atoms with Gasteiger partial charge in [0.15, 0.2) is 0 Å². The number of nitrogens with zero attached hydrogens (tertiary/aromatic N) is 1. The second-order valence-corrected chi connectivity index (χ2v) is 6.61. The monoisotopic (exact) mass is 373 g/mol. The lowest BCUT2D eigenvalue weighted by molar-refractivity contribution is 0.475. The molecule has 2 N–H and O–H groups in total. The van der Waals surface area contributed by atoms with E-state index in [0.717, 1.165) is 33.6 Å². The van der Waals surface area contributed by atoms with Crippen molar-refractivity contribution in [3.8, 4) is 45.1 Å². The summed E-state index contributed by atoms with van der Waals surface area (Å²) in [6, 6.07) is 25.5. The van der Waals surface area contributed by atoms with Crippen molar-refractivity contribution in [3.05, 3.63) is 90.0 Å². The van der Waals surface area contributed by atoms with Crippen LogP contribution in [-0.2, 0) is 0 Å². The molecule has 0 fully saturated rings.